The van der Waals surface area contributed by atoms with Crippen LogP contribution >= 0.6 is 0 Å². The summed E-state index contributed by atoms with van der Waals surface area (Å²) in [6.07, 6.45) is 0.973. The first kappa shape index (κ1) is 16.1. The van der Waals surface area contributed by atoms with Crippen LogP contribution in [0.1, 0.15) is 16.1 Å². The fourth-order valence-electron chi connectivity index (χ4n) is 3.21. The van der Waals surface area contributed by atoms with Crippen molar-refractivity contribution in [2.45, 2.75) is 6.42 Å². The molecule has 4 rings (SSSR count). The molecule has 1 aliphatic rings. The van der Waals surface area contributed by atoms with E-state index in [1.807, 2.05) is 36.4 Å². The lowest BCUT2D eigenvalue weighted by Gasteiger charge is -2.23. The summed E-state index contributed by atoms with van der Waals surface area (Å²) in [4.78, 5) is 26.2. The number of fused-ring (bicyclic) bond motifs is 1. The number of hydrogen-bond donors (Lipinski definition) is 1. The number of nitrogens with one attached hydrogen (secondary N) is 1. The molecule has 0 unspecified atom stereocenters. The molecule has 0 saturated heterocycles. The number of nitrogens with zero attached hydrogens (tertiary/aromatic N) is 3. The molecule has 1 aromatic heterocycles. The second-order valence-electron chi connectivity index (χ2n) is 6.18. The summed E-state index contributed by atoms with van der Waals surface area (Å²) >= 11 is 0. The van der Waals surface area contributed by atoms with E-state index in [1.54, 1.807) is 0 Å². The molecular weight excluding hydrogens is 328 g/mol. The van der Waals surface area contributed by atoms with E-state index in [0.717, 1.165) is 29.0 Å². The highest BCUT2D eigenvalue weighted by molar-refractivity contribution is 6.05. The van der Waals surface area contributed by atoms with Crippen LogP contribution in [0, 0.1) is 0 Å². The van der Waals surface area contributed by atoms with Crippen LogP contribution in [0.5, 0.6) is 0 Å². The van der Waals surface area contributed by atoms with Crippen LogP contribution < -0.4 is 15.8 Å². The summed E-state index contributed by atoms with van der Waals surface area (Å²) in [6.45, 7) is 0.865. The van der Waals surface area contributed by atoms with Crippen LogP contribution in [-0.2, 0) is 13.5 Å². The third-order valence-corrected chi connectivity index (χ3v) is 4.52. The molecule has 2 heterocycles. The first-order chi connectivity index (χ1) is 12.6. The van der Waals surface area contributed by atoms with Gasteiger partial charge in [-0.15, -0.1) is 0 Å². The molecular formula is C20H18N4O2. The highest BCUT2D eigenvalue weighted by Gasteiger charge is 2.22. The summed E-state index contributed by atoms with van der Waals surface area (Å²) in [5.41, 5.74) is 4.06. The molecule has 0 aliphatic carbocycles. The van der Waals surface area contributed by atoms with Crippen molar-refractivity contribution < 1.29 is 4.79 Å². The van der Waals surface area contributed by atoms with Crippen molar-refractivity contribution in [3.8, 4) is 0 Å². The smallest absolute Gasteiger partial charge is 0.276 e. The maximum atomic E-state index is 12.6. The Morgan fingerprint density at radius 2 is 1.73 bits per heavy atom. The van der Waals surface area contributed by atoms with Crippen LogP contribution in [0.4, 0.5) is 17.1 Å². The van der Waals surface area contributed by atoms with Crippen LogP contribution in [0.3, 0.4) is 0 Å². The highest BCUT2D eigenvalue weighted by atomic mass is 16.2. The van der Waals surface area contributed by atoms with Gasteiger partial charge in [0.25, 0.3) is 11.5 Å². The molecule has 0 bridgehead atoms. The normalized spacial score (nSPS) is 12.7. The van der Waals surface area contributed by atoms with Crippen molar-refractivity contribution in [2.75, 3.05) is 16.8 Å². The minimum absolute atomic E-state index is 0.198. The van der Waals surface area contributed by atoms with E-state index < -0.39 is 0 Å². The van der Waals surface area contributed by atoms with Gasteiger partial charge in [0.1, 0.15) is 5.69 Å². The van der Waals surface area contributed by atoms with Crippen molar-refractivity contribution >= 4 is 23.0 Å². The molecule has 0 spiro atoms. The van der Waals surface area contributed by atoms with Crippen molar-refractivity contribution in [1.29, 1.82) is 0 Å². The van der Waals surface area contributed by atoms with Crippen molar-refractivity contribution in [3.63, 3.8) is 0 Å². The van der Waals surface area contributed by atoms with Crippen molar-refractivity contribution in [1.82, 2.24) is 9.78 Å². The van der Waals surface area contributed by atoms with Gasteiger partial charge in [-0.05, 0) is 36.2 Å². The second-order valence-corrected chi connectivity index (χ2v) is 6.18. The third kappa shape index (κ3) is 2.86. The number of aryl methyl sites for hydroxylation is 1. The van der Waals surface area contributed by atoms with Crippen LogP contribution in [0.2, 0.25) is 0 Å². The lowest BCUT2D eigenvalue weighted by Crippen LogP contribution is -2.24. The molecule has 1 amide bonds. The Balaban J connectivity index is 1.66. The standard InChI is InChI=1S/C20H18N4O2/c1-23-19(25)11-10-16(22-23)20(26)21-15-7-3-5-9-18(15)24-13-12-14-6-2-4-8-17(14)24/h2-11H,12-13H2,1H3,(H,21,26). The number of rotatable bonds is 3. The number of para-hydroxylation sites is 3. The molecule has 3 aromatic rings. The molecule has 6 heteroatoms. The maximum absolute atomic E-state index is 12.6. The first-order valence-electron chi connectivity index (χ1n) is 8.44. The van der Waals surface area contributed by atoms with Crippen molar-refractivity contribution in [3.05, 3.63) is 82.3 Å². The summed E-state index contributed by atoms with van der Waals surface area (Å²) < 4.78 is 1.15. The van der Waals surface area contributed by atoms with E-state index >= 15 is 0 Å². The molecule has 0 saturated carbocycles. The molecule has 0 atom stereocenters. The monoisotopic (exact) mass is 346 g/mol. The Morgan fingerprint density at radius 3 is 2.54 bits per heavy atom. The Labute approximate surface area is 150 Å². The molecule has 0 fully saturated rings. The van der Waals surface area contributed by atoms with Gasteiger partial charge in [0.05, 0.1) is 11.4 Å². The SMILES string of the molecule is Cn1nc(C(=O)Nc2ccccc2N2CCc3ccccc32)ccc1=O. The lowest BCUT2D eigenvalue weighted by atomic mass is 10.1. The minimum atomic E-state index is -0.347. The van der Waals surface area contributed by atoms with E-state index in [2.05, 4.69) is 27.4 Å². The Hall–Kier alpha value is -3.41. The Bertz CT molecular complexity index is 1040. The lowest BCUT2D eigenvalue weighted by molar-refractivity contribution is 0.102. The summed E-state index contributed by atoms with van der Waals surface area (Å²) in [5, 5.41) is 6.93. The van der Waals surface area contributed by atoms with Gasteiger partial charge in [-0.25, -0.2) is 4.68 Å². The second kappa shape index (κ2) is 6.48. The summed E-state index contributed by atoms with van der Waals surface area (Å²) in [6, 6.07) is 18.8. The number of hydrogen-bond acceptors (Lipinski definition) is 4. The average Bonchev–Trinajstić information content (AvgIpc) is 3.08. The number of carbonyl (C=O) groups excluding carboxylic acids is 1. The van der Waals surface area contributed by atoms with Crippen LogP contribution in [0.15, 0.2) is 65.5 Å². The first-order valence-corrected chi connectivity index (χ1v) is 8.44. The topological polar surface area (TPSA) is 67.2 Å². The van der Waals surface area contributed by atoms with Gasteiger partial charge < -0.3 is 10.2 Å². The average molecular weight is 346 g/mol. The Kier molecular flexibility index (Phi) is 4.01. The van der Waals surface area contributed by atoms with E-state index in [-0.39, 0.29) is 17.2 Å². The molecule has 2 aromatic carbocycles. The van der Waals surface area contributed by atoms with Crippen molar-refractivity contribution in [2.24, 2.45) is 7.05 Å². The van der Waals surface area contributed by atoms with Gasteiger partial charge in [0.15, 0.2) is 0 Å². The quantitative estimate of drug-likeness (QED) is 0.792. The van der Waals surface area contributed by atoms with Crippen LogP contribution in [0.25, 0.3) is 0 Å². The molecule has 1 N–H and O–H groups in total. The molecule has 0 radical (unpaired) electrons. The Morgan fingerprint density at radius 1 is 1.00 bits per heavy atom. The zero-order chi connectivity index (χ0) is 18.1. The predicted molar refractivity (Wildman–Crippen MR) is 101 cm³/mol. The molecule has 1 aliphatic heterocycles. The van der Waals surface area contributed by atoms with Gasteiger partial charge in [0, 0.05) is 25.3 Å². The van der Waals surface area contributed by atoms with Gasteiger partial charge in [-0.3, -0.25) is 9.59 Å². The number of carbonyl (C=O) groups is 1. The third-order valence-electron chi connectivity index (χ3n) is 4.52. The number of amides is 1. The van der Waals surface area contributed by atoms with E-state index in [4.69, 9.17) is 0 Å². The van der Waals surface area contributed by atoms with E-state index in [1.165, 1.54) is 24.7 Å². The fourth-order valence-corrected chi connectivity index (χ4v) is 3.21. The molecule has 6 nitrogen and oxygen atoms in total. The number of aromatic nitrogens is 2. The zero-order valence-electron chi connectivity index (χ0n) is 14.3. The minimum Gasteiger partial charge on any atom is -0.339 e. The predicted octanol–water partition coefficient (Wildman–Crippen LogP) is 2.73. The molecule has 26 heavy (non-hydrogen) atoms. The number of anilines is 3. The fraction of sp³-hybridized carbons (Fsp3) is 0.150. The summed E-state index contributed by atoms with van der Waals surface area (Å²) in [5.74, 6) is -0.347. The largest absolute Gasteiger partial charge is 0.339 e. The molecule has 130 valence electrons. The van der Waals surface area contributed by atoms with E-state index in [9.17, 15) is 9.59 Å². The van der Waals surface area contributed by atoms with E-state index in [0.29, 0.717) is 5.69 Å². The van der Waals surface area contributed by atoms with Gasteiger partial charge in [0.2, 0.25) is 0 Å². The number of benzene rings is 2. The van der Waals surface area contributed by atoms with Crippen LogP contribution in [-0.4, -0.2) is 22.2 Å². The maximum Gasteiger partial charge on any atom is 0.276 e. The summed E-state index contributed by atoms with van der Waals surface area (Å²) in [7, 11) is 1.52. The van der Waals surface area contributed by atoms with Gasteiger partial charge in [-0.1, -0.05) is 30.3 Å². The van der Waals surface area contributed by atoms with Gasteiger partial charge in [-0.2, -0.15) is 5.10 Å². The highest BCUT2D eigenvalue weighted by Crippen LogP contribution is 2.38. The van der Waals surface area contributed by atoms with Gasteiger partial charge >= 0.3 is 0 Å². The zero-order valence-corrected chi connectivity index (χ0v) is 14.3.